The molecule has 19 heavy (non-hydrogen) atoms. The highest BCUT2D eigenvalue weighted by Crippen LogP contribution is 2.23. The molecule has 1 aliphatic rings. The highest BCUT2D eigenvalue weighted by atomic mass is 35.5. The second kappa shape index (κ2) is 6.78. The Morgan fingerprint density at radius 2 is 2.26 bits per heavy atom. The number of hydrogen-bond acceptors (Lipinski definition) is 3. The summed E-state index contributed by atoms with van der Waals surface area (Å²) in [5.41, 5.74) is 5.78. The molecule has 1 aromatic carbocycles. The van der Waals surface area contributed by atoms with E-state index in [1.54, 1.807) is 6.07 Å². The number of carbonyl (C=O) groups is 1. The van der Waals surface area contributed by atoms with E-state index in [0.717, 1.165) is 13.0 Å². The second-order valence-corrected chi connectivity index (χ2v) is 5.18. The fraction of sp³-hybridized carbons (Fsp3) is 0.500. The molecule has 0 spiro atoms. The molecule has 2 N–H and O–H groups in total. The van der Waals surface area contributed by atoms with Crippen LogP contribution in [-0.4, -0.2) is 36.5 Å². The second-order valence-electron chi connectivity index (χ2n) is 4.77. The predicted molar refractivity (Wildman–Crippen MR) is 75.4 cm³/mol. The van der Waals surface area contributed by atoms with Gasteiger partial charge in [0.25, 0.3) is 0 Å². The maximum atomic E-state index is 11.9. The molecule has 104 valence electrons. The summed E-state index contributed by atoms with van der Waals surface area (Å²) in [4.78, 5) is 13.7. The quantitative estimate of drug-likeness (QED) is 0.841. The fourth-order valence-electron chi connectivity index (χ4n) is 2.14. The summed E-state index contributed by atoms with van der Waals surface area (Å²) in [7, 11) is 0. The molecule has 1 saturated heterocycles. The number of amides is 1. The summed E-state index contributed by atoms with van der Waals surface area (Å²) in [6, 6.07) is 7.48. The van der Waals surface area contributed by atoms with E-state index in [9.17, 15) is 4.79 Å². The Bertz CT molecular complexity index is 439. The Balaban J connectivity index is 1.67. The van der Waals surface area contributed by atoms with Crippen LogP contribution in [0.3, 0.4) is 0 Å². The molecule has 0 aliphatic carbocycles. The fourth-order valence-corrected chi connectivity index (χ4v) is 2.33. The van der Waals surface area contributed by atoms with Crippen LogP contribution in [-0.2, 0) is 4.79 Å². The Hall–Kier alpha value is -1.26. The number of benzene rings is 1. The minimum absolute atomic E-state index is 0.142. The van der Waals surface area contributed by atoms with Crippen LogP contribution < -0.4 is 10.5 Å². The third-order valence-corrected chi connectivity index (χ3v) is 3.52. The summed E-state index contributed by atoms with van der Waals surface area (Å²) in [5.74, 6) is 0.829. The molecule has 4 nitrogen and oxygen atoms in total. The van der Waals surface area contributed by atoms with Gasteiger partial charge in [-0.1, -0.05) is 23.7 Å². The smallest absolute Gasteiger partial charge is 0.222 e. The molecule has 1 unspecified atom stereocenters. The van der Waals surface area contributed by atoms with Gasteiger partial charge in [0.15, 0.2) is 0 Å². The van der Waals surface area contributed by atoms with E-state index in [4.69, 9.17) is 22.1 Å². The van der Waals surface area contributed by atoms with Gasteiger partial charge in [-0.3, -0.25) is 4.79 Å². The lowest BCUT2D eigenvalue weighted by Crippen LogP contribution is -2.31. The largest absolute Gasteiger partial charge is 0.492 e. The van der Waals surface area contributed by atoms with Crippen LogP contribution in [0.5, 0.6) is 5.75 Å². The lowest BCUT2D eigenvalue weighted by molar-refractivity contribution is -0.130. The van der Waals surface area contributed by atoms with E-state index < -0.39 is 0 Å². The van der Waals surface area contributed by atoms with Gasteiger partial charge in [-0.25, -0.2) is 0 Å². The van der Waals surface area contributed by atoms with Crippen molar-refractivity contribution >= 4 is 17.5 Å². The van der Waals surface area contributed by atoms with E-state index in [2.05, 4.69) is 0 Å². The van der Waals surface area contributed by atoms with Crippen molar-refractivity contribution in [1.29, 1.82) is 0 Å². The molecule has 1 amide bonds. The molecule has 1 heterocycles. The van der Waals surface area contributed by atoms with Gasteiger partial charge in [0, 0.05) is 25.6 Å². The molecule has 0 radical (unpaired) electrons. The first kappa shape index (κ1) is 14.2. The Morgan fingerprint density at radius 3 is 2.95 bits per heavy atom. The summed E-state index contributed by atoms with van der Waals surface area (Å²) in [5, 5.41) is 0.597. The summed E-state index contributed by atoms with van der Waals surface area (Å²) < 4.78 is 5.54. The average molecular weight is 283 g/mol. The third-order valence-electron chi connectivity index (χ3n) is 3.21. The number of nitrogens with two attached hydrogens (primary N) is 1. The van der Waals surface area contributed by atoms with E-state index in [0.29, 0.717) is 36.8 Å². The Kier molecular flexibility index (Phi) is 5.05. The number of halogens is 1. The van der Waals surface area contributed by atoms with E-state index in [1.807, 2.05) is 23.1 Å². The van der Waals surface area contributed by atoms with Crippen molar-refractivity contribution in [1.82, 2.24) is 4.90 Å². The zero-order valence-electron chi connectivity index (χ0n) is 10.8. The molecular formula is C14H19ClN2O2. The number of para-hydroxylation sites is 1. The van der Waals surface area contributed by atoms with Crippen LogP contribution in [0.2, 0.25) is 5.02 Å². The van der Waals surface area contributed by atoms with Crippen LogP contribution in [0.1, 0.15) is 19.3 Å². The van der Waals surface area contributed by atoms with Gasteiger partial charge in [-0.15, -0.1) is 0 Å². The van der Waals surface area contributed by atoms with Crippen molar-refractivity contribution in [3.05, 3.63) is 29.3 Å². The van der Waals surface area contributed by atoms with Gasteiger partial charge in [-0.05, 0) is 25.0 Å². The minimum Gasteiger partial charge on any atom is -0.492 e. The van der Waals surface area contributed by atoms with Crippen molar-refractivity contribution in [3.8, 4) is 5.75 Å². The van der Waals surface area contributed by atoms with Crippen molar-refractivity contribution in [3.63, 3.8) is 0 Å². The van der Waals surface area contributed by atoms with Crippen molar-refractivity contribution in [2.75, 3.05) is 19.7 Å². The molecule has 2 rings (SSSR count). The van der Waals surface area contributed by atoms with Gasteiger partial charge < -0.3 is 15.4 Å². The van der Waals surface area contributed by atoms with Crippen LogP contribution in [0.15, 0.2) is 24.3 Å². The SMILES string of the molecule is NC1CCN(C(=O)CCCOc2ccccc2Cl)C1. The molecule has 1 fully saturated rings. The number of rotatable bonds is 5. The third kappa shape index (κ3) is 4.11. The topological polar surface area (TPSA) is 55.6 Å². The van der Waals surface area contributed by atoms with Crippen LogP contribution in [0.4, 0.5) is 0 Å². The summed E-state index contributed by atoms with van der Waals surface area (Å²) >= 11 is 5.97. The van der Waals surface area contributed by atoms with Crippen LogP contribution in [0, 0.1) is 0 Å². The summed E-state index contributed by atoms with van der Waals surface area (Å²) in [6.45, 7) is 1.96. The Labute approximate surface area is 118 Å². The normalized spacial score (nSPS) is 18.6. The number of hydrogen-bond donors (Lipinski definition) is 1. The van der Waals surface area contributed by atoms with Gasteiger partial charge in [0.2, 0.25) is 5.91 Å². The molecule has 1 aliphatic heterocycles. The maximum absolute atomic E-state index is 11.9. The first-order valence-corrected chi connectivity index (χ1v) is 6.95. The number of carbonyl (C=O) groups excluding carboxylic acids is 1. The lowest BCUT2D eigenvalue weighted by Gasteiger charge is -2.15. The van der Waals surface area contributed by atoms with E-state index in [-0.39, 0.29) is 11.9 Å². The summed E-state index contributed by atoms with van der Waals surface area (Å²) in [6.07, 6.45) is 2.09. The first-order valence-electron chi connectivity index (χ1n) is 6.57. The van der Waals surface area contributed by atoms with Crippen LogP contribution >= 0.6 is 11.6 Å². The van der Waals surface area contributed by atoms with Gasteiger partial charge >= 0.3 is 0 Å². The van der Waals surface area contributed by atoms with E-state index >= 15 is 0 Å². The molecule has 5 heteroatoms. The number of likely N-dealkylation sites (tertiary alicyclic amines) is 1. The molecule has 1 aromatic rings. The number of nitrogens with zero attached hydrogens (tertiary/aromatic N) is 1. The molecule has 0 saturated carbocycles. The van der Waals surface area contributed by atoms with Crippen molar-refractivity contribution in [2.24, 2.45) is 5.73 Å². The highest BCUT2D eigenvalue weighted by Gasteiger charge is 2.22. The monoisotopic (exact) mass is 282 g/mol. The van der Waals surface area contributed by atoms with Crippen molar-refractivity contribution < 1.29 is 9.53 Å². The zero-order valence-corrected chi connectivity index (χ0v) is 11.6. The van der Waals surface area contributed by atoms with Gasteiger partial charge in [0.05, 0.1) is 11.6 Å². The minimum atomic E-state index is 0.142. The van der Waals surface area contributed by atoms with Gasteiger partial charge in [-0.2, -0.15) is 0 Å². The van der Waals surface area contributed by atoms with Gasteiger partial charge in [0.1, 0.15) is 5.75 Å². The molecule has 1 atom stereocenters. The molecule has 0 aromatic heterocycles. The average Bonchev–Trinajstić information content (AvgIpc) is 2.83. The highest BCUT2D eigenvalue weighted by molar-refractivity contribution is 6.32. The standard InChI is InChI=1S/C14H19ClN2O2/c15-12-4-1-2-5-13(12)19-9-3-6-14(18)17-8-7-11(16)10-17/h1-2,4-5,11H,3,6-10,16H2. The Morgan fingerprint density at radius 1 is 1.47 bits per heavy atom. The molecular weight excluding hydrogens is 264 g/mol. The lowest BCUT2D eigenvalue weighted by atomic mass is 10.3. The maximum Gasteiger partial charge on any atom is 0.222 e. The van der Waals surface area contributed by atoms with E-state index in [1.165, 1.54) is 0 Å². The molecule has 0 bridgehead atoms. The number of ether oxygens (including phenoxy) is 1. The van der Waals surface area contributed by atoms with Crippen LogP contribution in [0.25, 0.3) is 0 Å². The first-order chi connectivity index (χ1) is 9.16. The predicted octanol–water partition coefficient (Wildman–Crippen LogP) is 2.06. The zero-order chi connectivity index (χ0) is 13.7. The van der Waals surface area contributed by atoms with Crippen molar-refractivity contribution in [2.45, 2.75) is 25.3 Å².